The third kappa shape index (κ3) is 9.02. The Morgan fingerprint density at radius 2 is 1.56 bits per heavy atom. The summed E-state index contributed by atoms with van der Waals surface area (Å²) in [7, 11) is 0. The smallest absolute Gasteiger partial charge is 0.308 e. The number of amides is 1. The highest BCUT2D eigenvalue weighted by Gasteiger charge is 2.25. The molecule has 1 atom stereocenters. The molecule has 4 nitrogen and oxygen atoms in total. The molecule has 0 aliphatic carbocycles. The SMILES string of the molecule is CC(C)(C)CC(=O)NCC(CC(C)(C)C)C(=O)O. The zero-order chi connectivity index (χ0) is 14.6. The average Bonchev–Trinajstić information content (AvgIpc) is 2.06. The van der Waals surface area contributed by atoms with Crippen LogP contribution in [0.25, 0.3) is 0 Å². The van der Waals surface area contributed by atoms with Gasteiger partial charge in [-0.3, -0.25) is 9.59 Å². The zero-order valence-electron chi connectivity index (χ0n) is 12.5. The summed E-state index contributed by atoms with van der Waals surface area (Å²) in [6.45, 7) is 12.2. The molecule has 1 amide bonds. The summed E-state index contributed by atoms with van der Waals surface area (Å²) in [5, 5.41) is 11.9. The Hall–Kier alpha value is -1.06. The van der Waals surface area contributed by atoms with E-state index >= 15 is 0 Å². The summed E-state index contributed by atoms with van der Waals surface area (Å²) in [4.78, 5) is 22.8. The Labute approximate surface area is 110 Å². The van der Waals surface area contributed by atoms with Crippen molar-refractivity contribution in [2.24, 2.45) is 16.7 Å². The Balaban J connectivity index is 4.29. The first-order valence-electron chi connectivity index (χ1n) is 6.40. The molecule has 0 aromatic rings. The van der Waals surface area contributed by atoms with Gasteiger partial charge in [0.05, 0.1) is 5.92 Å². The first-order valence-corrected chi connectivity index (χ1v) is 6.40. The summed E-state index contributed by atoms with van der Waals surface area (Å²) in [5.41, 5.74) is -0.134. The number of hydrogen-bond donors (Lipinski definition) is 2. The van der Waals surface area contributed by atoms with Crippen LogP contribution in [0.4, 0.5) is 0 Å². The van der Waals surface area contributed by atoms with Crippen molar-refractivity contribution in [3.63, 3.8) is 0 Å². The number of nitrogens with one attached hydrogen (secondary N) is 1. The Morgan fingerprint density at radius 3 is 1.89 bits per heavy atom. The molecular formula is C14H27NO3. The van der Waals surface area contributed by atoms with Crippen LogP contribution >= 0.6 is 0 Å². The molecule has 0 fully saturated rings. The fourth-order valence-electron chi connectivity index (χ4n) is 1.77. The number of aliphatic carboxylic acids is 1. The van der Waals surface area contributed by atoms with Crippen molar-refractivity contribution in [2.45, 2.75) is 54.4 Å². The molecular weight excluding hydrogens is 230 g/mol. The van der Waals surface area contributed by atoms with Crippen molar-refractivity contribution in [3.8, 4) is 0 Å². The lowest BCUT2D eigenvalue weighted by molar-refractivity contribution is -0.142. The van der Waals surface area contributed by atoms with Crippen LogP contribution in [0, 0.1) is 16.7 Å². The van der Waals surface area contributed by atoms with Gasteiger partial charge in [0.15, 0.2) is 0 Å². The largest absolute Gasteiger partial charge is 0.481 e. The molecule has 2 N–H and O–H groups in total. The van der Waals surface area contributed by atoms with Gasteiger partial charge in [-0.1, -0.05) is 41.5 Å². The van der Waals surface area contributed by atoms with Gasteiger partial charge in [0.25, 0.3) is 0 Å². The summed E-state index contributed by atoms with van der Waals surface area (Å²) in [5.74, 6) is -1.45. The van der Waals surface area contributed by atoms with E-state index in [0.29, 0.717) is 12.8 Å². The van der Waals surface area contributed by atoms with Crippen LogP contribution in [0.15, 0.2) is 0 Å². The van der Waals surface area contributed by atoms with Crippen molar-refractivity contribution in [3.05, 3.63) is 0 Å². The molecule has 0 rings (SSSR count). The molecule has 106 valence electrons. The van der Waals surface area contributed by atoms with Gasteiger partial charge >= 0.3 is 5.97 Å². The number of carbonyl (C=O) groups excluding carboxylic acids is 1. The van der Waals surface area contributed by atoms with Crippen LogP contribution in [-0.2, 0) is 9.59 Å². The number of carbonyl (C=O) groups is 2. The fraction of sp³-hybridized carbons (Fsp3) is 0.857. The maximum atomic E-state index is 11.6. The normalized spacial score (nSPS) is 14.1. The molecule has 0 aliphatic heterocycles. The standard InChI is InChI=1S/C14H27NO3/c1-13(2,3)7-10(12(17)18)9-15-11(16)8-14(4,5)6/h10H,7-9H2,1-6H3,(H,15,16)(H,17,18). The van der Waals surface area contributed by atoms with Crippen LogP contribution in [0.5, 0.6) is 0 Å². The van der Waals surface area contributed by atoms with Gasteiger partial charge in [0.2, 0.25) is 5.91 Å². The van der Waals surface area contributed by atoms with Crippen molar-refractivity contribution in [2.75, 3.05) is 6.54 Å². The maximum Gasteiger partial charge on any atom is 0.308 e. The van der Waals surface area contributed by atoms with Crippen LogP contribution in [-0.4, -0.2) is 23.5 Å². The lowest BCUT2D eigenvalue weighted by Gasteiger charge is -2.24. The minimum Gasteiger partial charge on any atom is -0.481 e. The van der Waals surface area contributed by atoms with E-state index in [9.17, 15) is 9.59 Å². The summed E-state index contributed by atoms with van der Waals surface area (Å²) >= 11 is 0. The molecule has 0 saturated carbocycles. The molecule has 0 radical (unpaired) electrons. The summed E-state index contributed by atoms with van der Waals surface area (Å²) in [6, 6.07) is 0. The Kier molecular flexibility index (Phi) is 5.84. The first-order chi connectivity index (χ1) is 7.91. The molecule has 0 aromatic heterocycles. The number of hydrogen-bond acceptors (Lipinski definition) is 2. The van der Waals surface area contributed by atoms with E-state index in [0.717, 1.165) is 0 Å². The predicted molar refractivity (Wildman–Crippen MR) is 72.3 cm³/mol. The second-order valence-corrected chi connectivity index (χ2v) is 7.34. The summed E-state index contributed by atoms with van der Waals surface area (Å²) < 4.78 is 0. The lowest BCUT2D eigenvalue weighted by atomic mass is 9.84. The maximum absolute atomic E-state index is 11.6. The van der Waals surface area contributed by atoms with E-state index in [1.807, 2.05) is 41.5 Å². The third-order valence-electron chi connectivity index (χ3n) is 2.44. The minimum atomic E-state index is -0.846. The second kappa shape index (κ2) is 6.21. The molecule has 0 spiro atoms. The Bertz CT molecular complexity index is 297. The molecule has 0 saturated heterocycles. The second-order valence-electron chi connectivity index (χ2n) is 7.34. The van der Waals surface area contributed by atoms with Crippen molar-refractivity contribution in [1.82, 2.24) is 5.32 Å². The average molecular weight is 257 g/mol. The van der Waals surface area contributed by atoms with Crippen LogP contribution < -0.4 is 5.32 Å². The summed E-state index contributed by atoms with van der Waals surface area (Å²) in [6.07, 6.45) is 0.965. The highest BCUT2D eigenvalue weighted by molar-refractivity contribution is 5.77. The van der Waals surface area contributed by atoms with Crippen LogP contribution in [0.2, 0.25) is 0 Å². The van der Waals surface area contributed by atoms with E-state index in [1.54, 1.807) is 0 Å². The van der Waals surface area contributed by atoms with E-state index < -0.39 is 11.9 Å². The predicted octanol–water partition coefficient (Wildman–Crippen LogP) is 2.68. The number of carboxylic acid groups (broad SMARTS) is 1. The first kappa shape index (κ1) is 16.9. The van der Waals surface area contributed by atoms with Crippen molar-refractivity contribution < 1.29 is 14.7 Å². The molecule has 0 bridgehead atoms. The van der Waals surface area contributed by atoms with Gasteiger partial charge < -0.3 is 10.4 Å². The molecule has 0 aliphatic rings. The van der Waals surface area contributed by atoms with Gasteiger partial charge in [-0.2, -0.15) is 0 Å². The van der Waals surface area contributed by atoms with Crippen molar-refractivity contribution in [1.29, 1.82) is 0 Å². The lowest BCUT2D eigenvalue weighted by Crippen LogP contribution is -2.36. The van der Waals surface area contributed by atoms with E-state index in [4.69, 9.17) is 5.11 Å². The van der Waals surface area contributed by atoms with Crippen LogP contribution in [0.3, 0.4) is 0 Å². The van der Waals surface area contributed by atoms with Crippen molar-refractivity contribution >= 4 is 11.9 Å². The molecule has 1 unspecified atom stereocenters. The van der Waals surface area contributed by atoms with E-state index in [-0.39, 0.29) is 23.3 Å². The van der Waals surface area contributed by atoms with Gasteiger partial charge in [-0.15, -0.1) is 0 Å². The quantitative estimate of drug-likeness (QED) is 0.795. The van der Waals surface area contributed by atoms with E-state index in [1.165, 1.54) is 0 Å². The topological polar surface area (TPSA) is 66.4 Å². The highest BCUT2D eigenvalue weighted by Crippen LogP contribution is 2.24. The fourth-order valence-corrected chi connectivity index (χ4v) is 1.77. The van der Waals surface area contributed by atoms with E-state index in [2.05, 4.69) is 5.32 Å². The van der Waals surface area contributed by atoms with Gasteiger partial charge in [-0.25, -0.2) is 0 Å². The molecule has 18 heavy (non-hydrogen) atoms. The highest BCUT2D eigenvalue weighted by atomic mass is 16.4. The van der Waals surface area contributed by atoms with Gasteiger partial charge in [0, 0.05) is 13.0 Å². The molecule has 4 heteroatoms. The third-order valence-corrected chi connectivity index (χ3v) is 2.44. The Morgan fingerprint density at radius 1 is 1.06 bits per heavy atom. The minimum absolute atomic E-state index is 0.0577. The van der Waals surface area contributed by atoms with Gasteiger partial charge in [-0.05, 0) is 17.3 Å². The number of carboxylic acids is 1. The molecule has 0 heterocycles. The zero-order valence-corrected chi connectivity index (χ0v) is 12.5. The molecule has 0 aromatic carbocycles. The van der Waals surface area contributed by atoms with Crippen LogP contribution in [0.1, 0.15) is 54.4 Å². The number of rotatable bonds is 5. The van der Waals surface area contributed by atoms with Gasteiger partial charge in [0.1, 0.15) is 0 Å². The monoisotopic (exact) mass is 257 g/mol.